The Balaban J connectivity index is 1.48. The maximum absolute atomic E-state index is 11.8. The molecule has 2 atom stereocenters. The topological polar surface area (TPSA) is 118 Å². The molecule has 3 heterocycles. The number of fused-ring (bicyclic) bond motifs is 1. The van der Waals surface area contributed by atoms with Crippen molar-refractivity contribution in [2.45, 2.75) is 25.3 Å². The normalized spacial score (nSPS) is 20.4. The molecular formula is C23H22N6O2. The van der Waals surface area contributed by atoms with Crippen molar-refractivity contribution in [2.24, 2.45) is 10.7 Å². The lowest BCUT2D eigenvalue weighted by atomic mass is 10.0. The SMILES string of the molecule is NC(=O)c1cccc2c(C3NC4=C(CC=CN=C4)C(NCc4ccccc4)N3)onc12. The molecule has 5 rings (SSSR count). The lowest BCUT2D eigenvalue weighted by Crippen LogP contribution is -2.53. The first-order chi connectivity index (χ1) is 15.2. The number of carbonyl (C=O) groups excluding carboxylic acids is 1. The Kier molecular flexibility index (Phi) is 5.07. The number of amides is 1. The van der Waals surface area contributed by atoms with Crippen molar-refractivity contribution in [3.63, 3.8) is 0 Å². The Morgan fingerprint density at radius 2 is 2.06 bits per heavy atom. The number of nitrogens with zero attached hydrogens (tertiary/aromatic N) is 2. The molecule has 2 aliphatic rings. The number of hydrogen-bond donors (Lipinski definition) is 4. The van der Waals surface area contributed by atoms with Crippen LogP contribution in [0, 0.1) is 0 Å². The van der Waals surface area contributed by atoms with Gasteiger partial charge in [0.25, 0.3) is 5.91 Å². The largest absolute Gasteiger partial charge is 0.366 e. The molecule has 31 heavy (non-hydrogen) atoms. The van der Waals surface area contributed by atoms with Crippen LogP contribution >= 0.6 is 0 Å². The van der Waals surface area contributed by atoms with Crippen LogP contribution < -0.4 is 21.7 Å². The molecule has 2 unspecified atom stereocenters. The van der Waals surface area contributed by atoms with E-state index in [1.165, 1.54) is 5.56 Å². The third-order valence-corrected chi connectivity index (χ3v) is 5.48. The molecule has 0 spiro atoms. The fourth-order valence-electron chi connectivity index (χ4n) is 3.95. The summed E-state index contributed by atoms with van der Waals surface area (Å²) in [6.45, 7) is 0.700. The second-order valence-electron chi connectivity index (χ2n) is 7.46. The van der Waals surface area contributed by atoms with E-state index >= 15 is 0 Å². The lowest BCUT2D eigenvalue weighted by Gasteiger charge is -2.34. The van der Waals surface area contributed by atoms with E-state index in [1.54, 1.807) is 18.3 Å². The lowest BCUT2D eigenvalue weighted by molar-refractivity contribution is 0.100. The number of allylic oxidation sites excluding steroid dienone is 2. The summed E-state index contributed by atoms with van der Waals surface area (Å²) in [6.07, 6.45) is 5.92. The van der Waals surface area contributed by atoms with Crippen molar-refractivity contribution < 1.29 is 9.32 Å². The van der Waals surface area contributed by atoms with Gasteiger partial charge in [-0.3, -0.25) is 20.4 Å². The minimum atomic E-state index is -0.538. The number of benzene rings is 2. The molecular weight excluding hydrogens is 392 g/mol. The van der Waals surface area contributed by atoms with E-state index < -0.39 is 5.91 Å². The van der Waals surface area contributed by atoms with E-state index in [0.29, 0.717) is 23.4 Å². The van der Waals surface area contributed by atoms with Gasteiger partial charge in [0.2, 0.25) is 0 Å². The number of rotatable bonds is 5. The molecule has 8 heteroatoms. The number of primary amides is 1. The molecule has 2 aromatic carbocycles. The van der Waals surface area contributed by atoms with Crippen molar-refractivity contribution in [1.29, 1.82) is 0 Å². The summed E-state index contributed by atoms with van der Waals surface area (Å²) in [5, 5.41) is 15.5. The number of aromatic nitrogens is 1. The Hall–Kier alpha value is -3.75. The van der Waals surface area contributed by atoms with Crippen LogP contribution in [0.5, 0.6) is 0 Å². The molecule has 1 aromatic heterocycles. The number of hydrogen-bond acceptors (Lipinski definition) is 7. The van der Waals surface area contributed by atoms with E-state index in [0.717, 1.165) is 23.1 Å². The molecule has 0 fully saturated rings. The fourth-order valence-corrected chi connectivity index (χ4v) is 3.95. The van der Waals surface area contributed by atoms with Gasteiger partial charge in [0.05, 0.1) is 23.6 Å². The number of nitrogens with one attached hydrogen (secondary N) is 3. The first-order valence-electron chi connectivity index (χ1n) is 10.1. The highest BCUT2D eigenvalue weighted by molar-refractivity contribution is 6.05. The molecule has 0 saturated heterocycles. The minimum Gasteiger partial charge on any atom is -0.366 e. The molecule has 5 N–H and O–H groups in total. The number of carbonyl (C=O) groups is 1. The van der Waals surface area contributed by atoms with Gasteiger partial charge in [-0.05, 0) is 29.7 Å². The summed E-state index contributed by atoms with van der Waals surface area (Å²) >= 11 is 0. The van der Waals surface area contributed by atoms with Crippen molar-refractivity contribution >= 4 is 23.0 Å². The van der Waals surface area contributed by atoms with Gasteiger partial charge < -0.3 is 15.6 Å². The highest BCUT2D eigenvalue weighted by Gasteiger charge is 2.31. The van der Waals surface area contributed by atoms with Crippen LogP contribution in [0.15, 0.2) is 81.6 Å². The van der Waals surface area contributed by atoms with Crippen molar-refractivity contribution in [3.05, 3.63) is 89.0 Å². The highest BCUT2D eigenvalue weighted by atomic mass is 16.5. The van der Waals surface area contributed by atoms with Crippen LogP contribution in [-0.4, -0.2) is 23.4 Å². The Morgan fingerprint density at radius 1 is 1.19 bits per heavy atom. The third kappa shape index (κ3) is 3.74. The number of nitrogens with two attached hydrogens (primary N) is 1. The average molecular weight is 414 g/mol. The van der Waals surface area contributed by atoms with Crippen molar-refractivity contribution in [1.82, 2.24) is 21.1 Å². The zero-order valence-corrected chi connectivity index (χ0v) is 16.7. The van der Waals surface area contributed by atoms with Crippen molar-refractivity contribution in [2.75, 3.05) is 0 Å². The molecule has 1 amide bonds. The highest BCUT2D eigenvalue weighted by Crippen LogP contribution is 2.30. The first-order valence-corrected chi connectivity index (χ1v) is 10.1. The quantitative estimate of drug-likeness (QED) is 0.510. The molecule has 0 bridgehead atoms. The summed E-state index contributed by atoms with van der Waals surface area (Å²) in [6, 6.07) is 15.5. The van der Waals surface area contributed by atoms with Crippen LogP contribution in [0.25, 0.3) is 10.9 Å². The van der Waals surface area contributed by atoms with E-state index in [2.05, 4.69) is 38.2 Å². The standard InChI is InChI=1S/C23H22N6O2/c24-21(30)17-9-4-8-16-19(17)29-31-20(16)23-27-18-13-25-11-5-10-15(18)22(28-23)26-12-14-6-2-1-3-7-14/h1-9,11,13,22-23,26-28H,10,12H2,(H2,24,30). The predicted octanol–water partition coefficient (Wildman–Crippen LogP) is 2.48. The maximum Gasteiger partial charge on any atom is 0.251 e. The molecule has 0 saturated carbocycles. The zero-order valence-electron chi connectivity index (χ0n) is 16.7. The Bertz CT molecular complexity index is 1210. The Morgan fingerprint density at radius 3 is 2.90 bits per heavy atom. The van der Waals surface area contributed by atoms with E-state index in [9.17, 15) is 4.79 Å². The van der Waals surface area contributed by atoms with E-state index in [4.69, 9.17) is 10.3 Å². The van der Waals surface area contributed by atoms with Gasteiger partial charge in [-0.15, -0.1) is 0 Å². The molecule has 3 aromatic rings. The minimum absolute atomic E-state index is 0.116. The predicted molar refractivity (Wildman–Crippen MR) is 118 cm³/mol. The first kappa shape index (κ1) is 19.2. The summed E-state index contributed by atoms with van der Waals surface area (Å²) in [4.78, 5) is 16.1. The summed E-state index contributed by atoms with van der Waals surface area (Å²) < 4.78 is 5.67. The zero-order chi connectivity index (χ0) is 21.2. The van der Waals surface area contributed by atoms with Crippen LogP contribution in [0.2, 0.25) is 0 Å². The molecule has 0 aliphatic carbocycles. The second kappa shape index (κ2) is 8.17. The molecule has 0 radical (unpaired) electrons. The Labute approximate surface area is 178 Å². The second-order valence-corrected chi connectivity index (χ2v) is 7.46. The van der Waals surface area contributed by atoms with Gasteiger partial charge in [0, 0.05) is 18.1 Å². The van der Waals surface area contributed by atoms with E-state index in [1.807, 2.05) is 36.6 Å². The van der Waals surface area contributed by atoms with Crippen LogP contribution in [-0.2, 0) is 6.54 Å². The number of aliphatic imine (C=N–C) groups is 1. The van der Waals surface area contributed by atoms with Crippen molar-refractivity contribution in [3.8, 4) is 0 Å². The summed E-state index contributed by atoms with van der Waals surface area (Å²) in [5.74, 6) is 0.0474. The monoisotopic (exact) mass is 414 g/mol. The fraction of sp³-hybridized carbons (Fsp3) is 0.174. The van der Waals surface area contributed by atoms with Gasteiger partial charge in [-0.2, -0.15) is 0 Å². The smallest absolute Gasteiger partial charge is 0.251 e. The van der Waals surface area contributed by atoms with E-state index in [-0.39, 0.29) is 12.3 Å². The van der Waals surface area contributed by atoms with Gasteiger partial charge >= 0.3 is 0 Å². The molecule has 156 valence electrons. The summed E-state index contributed by atoms with van der Waals surface area (Å²) in [7, 11) is 0. The van der Waals surface area contributed by atoms with Gasteiger partial charge in [0.15, 0.2) is 5.76 Å². The van der Waals surface area contributed by atoms with Gasteiger partial charge in [-0.1, -0.05) is 47.6 Å². The molecule has 8 nitrogen and oxygen atoms in total. The molecule has 2 aliphatic heterocycles. The summed E-state index contributed by atoms with van der Waals surface area (Å²) in [5.41, 5.74) is 9.56. The van der Waals surface area contributed by atoms with Gasteiger partial charge in [0.1, 0.15) is 11.7 Å². The van der Waals surface area contributed by atoms with Crippen LogP contribution in [0.1, 0.15) is 34.3 Å². The van der Waals surface area contributed by atoms with Crippen LogP contribution in [0.3, 0.4) is 0 Å². The third-order valence-electron chi connectivity index (χ3n) is 5.48. The maximum atomic E-state index is 11.8. The van der Waals surface area contributed by atoms with Crippen LogP contribution in [0.4, 0.5) is 0 Å². The van der Waals surface area contributed by atoms with Gasteiger partial charge in [-0.25, -0.2) is 0 Å². The average Bonchev–Trinajstić information content (AvgIpc) is 3.08.